The summed E-state index contributed by atoms with van der Waals surface area (Å²) < 4.78 is 25.0. The van der Waals surface area contributed by atoms with E-state index in [0.717, 1.165) is 4.31 Å². The second kappa shape index (κ2) is 6.48. The fourth-order valence-electron chi connectivity index (χ4n) is 3.22. The first-order valence-corrected chi connectivity index (χ1v) is 9.80. The summed E-state index contributed by atoms with van der Waals surface area (Å²) in [6, 6.07) is 8.29. The van der Waals surface area contributed by atoms with Crippen LogP contribution >= 0.6 is 0 Å². The highest BCUT2D eigenvalue weighted by Gasteiger charge is 2.41. The van der Waals surface area contributed by atoms with Crippen LogP contribution in [0.1, 0.15) is 30.1 Å². The highest BCUT2D eigenvalue weighted by atomic mass is 32.2. The molecule has 0 radical (unpaired) electrons. The lowest BCUT2D eigenvalue weighted by atomic mass is 9.98. The van der Waals surface area contributed by atoms with Crippen molar-refractivity contribution < 1.29 is 18.0 Å². The number of nitrogens with zero attached hydrogens (tertiary/aromatic N) is 3. The molecule has 25 heavy (non-hydrogen) atoms. The lowest BCUT2D eigenvalue weighted by molar-refractivity contribution is -0.119. The molecule has 7 nitrogen and oxygen atoms in total. The molecule has 0 N–H and O–H groups in total. The molecule has 0 aromatic heterocycles. The minimum absolute atomic E-state index is 0.000184. The van der Waals surface area contributed by atoms with Crippen LogP contribution in [-0.4, -0.2) is 44.0 Å². The molecule has 1 atom stereocenters. The molecule has 132 valence electrons. The Morgan fingerprint density at radius 2 is 1.80 bits per heavy atom. The third-order valence-electron chi connectivity index (χ3n) is 4.67. The number of nitriles is 1. The van der Waals surface area contributed by atoms with Crippen LogP contribution in [0, 0.1) is 23.2 Å². The lowest BCUT2D eigenvalue weighted by Gasteiger charge is -2.29. The summed E-state index contributed by atoms with van der Waals surface area (Å²) in [7, 11) is -3.64. The van der Waals surface area contributed by atoms with Crippen molar-refractivity contribution in [2.24, 2.45) is 11.8 Å². The van der Waals surface area contributed by atoms with Crippen LogP contribution in [0.4, 0.5) is 5.69 Å². The van der Waals surface area contributed by atoms with Gasteiger partial charge in [0.15, 0.2) is 0 Å². The summed E-state index contributed by atoms with van der Waals surface area (Å²) in [5.41, 5.74) is 0.699. The van der Waals surface area contributed by atoms with Gasteiger partial charge in [0.25, 0.3) is 5.91 Å². The van der Waals surface area contributed by atoms with E-state index in [1.165, 1.54) is 12.1 Å². The molecule has 3 rings (SSSR count). The predicted molar refractivity (Wildman–Crippen MR) is 91.1 cm³/mol. The molecular weight excluding hydrogens is 342 g/mol. The quantitative estimate of drug-likeness (QED) is 0.792. The Balaban J connectivity index is 1.76. The first kappa shape index (κ1) is 17.4. The topological polar surface area (TPSA) is 98.6 Å². The molecule has 0 saturated carbocycles. The van der Waals surface area contributed by atoms with Crippen molar-refractivity contribution >= 4 is 27.5 Å². The van der Waals surface area contributed by atoms with Crippen molar-refractivity contribution in [2.45, 2.75) is 19.8 Å². The zero-order chi connectivity index (χ0) is 18.2. The number of piperidine rings is 1. The summed E-state index contributed by atoms with van der Waals surface area (Å²) in [5.74, 6) is -1.35. The Labute approximate surface area is 146 Å². The Morgan fingerprint density at radius 3 is 2.28 bits per heavy atom. The average molecular weight is 361 g/mol. The number of likely N-dealkylation sites (tertiary alicyclic amines) is 1. The largest absolute Gasteiger partial charge is 0.339 e. The van der Waals surface area contributed by atoms with E-state index in [2.05, 4.69) is 6.07 Å². The van der Waals surface area contributed by atoms with E-state index < -0.39 is 21.8 Å². The summed E-state index contributed by atoms with van der Waals surface area (Å²) in [5, 5.41) is 8.91. The van der Waals surface area contributed by atoms with Gasteiger partial charge in [0.05, 0.1) is 23.4 Å². The van der Waals surface area contributed by atoms with Gasteiger partial charge in [0.1, 0.15) is 0 Å². The number of rotatable bonds is 2. The van der Waals surface area contributed by atoms with Gasteiger partial charge in [0, 0.05) is 24.6 Å². The number of hydrogen-bond acceptors (Lipinski definition) is 5. The molecule has 2 aliphatic rings. The van der Waals surface area contributed by atoms with Crippen LogP contribution in [0.2, 0.25) is 0 Å². The van der Waals surface area contributed by atoms with E-state index in [1.54, 1.807) is 24.0 Å². The van der Waals surface area contributed by atoms with Crippen molar-refractivity contribution in [1.29, 1.82) is 5.26 Å². The van der Waals surface area contributed by atoms with Crippen LogP contribution < -0.4 is 4.31 Å². The number of carbonyl (C=O) groups excluding carboxylic acids is 2. The smallest absolute Gasteiger partial charge is 0.253 e. The maximum atomic E-state index is 12.5. The average Bonchev–Trinajstić information content (AvgIpc) is 2.82. The predicted octanol–water partition coefficient (Wildman–Crippen LogP) is 1.37. The number of amides is 2. The van der Waals surface area contributed by atoms with Crippen LogP contribution in [0.15, 0.2) is 24.3 Å². The normalized spacial score (nSPS) is 23.5. The third-order valence-corrected chi connectivity index (χ3v) is 6.54. The molecule has 0 spiro atoms. The van der Waals surface area contributed by atoms with E-state index in [4.69, 9.17) is 5.26 Å². The Kier molecular flexibility index (Phi) is 4.52. The molecular formula is C17H19N3O4S. The van der Waals surface area contributed by atoms with Gasteiger partial charge in [-0.2, -0.15) is 5.26 Å². The van der Waals surface area contributed by atoms with Crippen molar-refractivity contribution in [2.75, 3.05) is 23.1 Å². The first-order valence-electron chi connectivity index (χ1n) is 8.19. The van der Waals surface area contributed by atoms with E-state index in [9.17, 15) is 18.0 Å². The lowest BCUT2D eigenvalue weighted by Crippen LogP contribution is -2.38. The molecule has 2 heterocycles. The number of sulfonamides is 1. The highest BCUT2D eigenvalue weighted by molar-refractivity contribution is 7.94. The van der Waals surface area contributed by atoms with E-state index in [-0.39, 0.29) is 23.3 Å². The minimum atomic E-state index is -3.64. The van der Waals surface area contributed by atoms with Gasteiger partial charge in [-0.15, -0.1) is 0 Å². The van der Waals surface area contributed by atoms with E-state index in [0.29, 0.717) is 31.5 Å². The van der Waals surface area contributed by atoms with Gasteiger partial charge in [-0.05, 0) is 37.1 Å². The summed E-state index contributed by atoms with van der Waals surface area (Å²) >= 11 is 0. The Morgan fingerprint density at radius 1 is 1.20 bits per heavy atom. The first-order chi connectivity index (χ1) is 11.8. The molecule has 1 aromatic carbocycles. The summed E-state index contributed by atoms with van der Waals surface area (Å²) in [6.45, 7) is 2.66. The van der Waals surface area contributed by atoms with Gasteiger partial charge in [-0.25, -0.2) is 12.7 Å². The maximum Gasteiger partial charge on any atom is 0.253 e. The molecule has 1 aromatic rings. The molecule has 2 fully saturated rings. The standard InChI is InChI=1S/C17H19N3O4S/c1-12-11-25(23,24)20(16(12)21)15-4-2-14(3-5-15)17(22)19-8-6-13(10-18)7-9-19/h2-5,12-13H,6-9,11H2,1H3. The van der Waals surface area contributed by atoms with Crippen molar-refractivity contribution in [1.82, 2.24) is 4.90 Å². The summed E-state index contributed by atoms with van der Waals surface area (Å²) in [4.78, 5) is 26.3. The van der Waals surface area contributed by atoms with Crippen LogP contribution in [-0.2, 0) is 14.8 Å². The Hall–Kier alpha value is -2.40. The number of benzene rings is 1. The maximum absolute atomic E-state index is 12.5. The van der Waals surface area contributed by atoms with Gasteiger partial charge in [-0.1, -0.05) is 6.92 Å². The van der Waals surface area contributed by atoms with Gasteiger partial charge < -0.3 is 4.90 Å². The number of anilines is 1. The fraction of sp³-hybridized carbons (Fsp3) is 0.471. The van der Waals surface area contributed by atoms with Crippen molar-refractivity contribution in [3.8, 4) is 6.07 Å². The van der Waals surface area contributed by atoms with Crippen molar-refractivity contribution in [3.63, 3.8) is 0 Å². The molecule has 2 saturated heterocycles. The van der Waals surface area contributed by atoms with Crippen LogP contribution in [0.3, 0.4) is 0 Å². The van der Waals surface area contributed by atoms with Crippen LogP contribution in [0.5, 0.6) is 0 Å². The molecule has 2 amide bonds. The molecule has 1 unspecified atom stereocenters. The zero-order valence-electron chi connectivity index (χ0n) is 13.9. The molecule has 0 bridgehead atoms. The fourth-order valence-corrected chi connectivity index (χ4v) is 5.04. The van der Waals surface area contributed by atoms with Gasteiger partial charge in [-0.3, -0.25) is 9.59 Å². The zero-order valence-corrected chi connectivity index (χ0v) is 14.7. The molecule has 0 aliphatic carbocycles. The number of hydrogen-bond donors (Lipinski definition) is 0. The molecule has 8 heteroatoms. The number of carbonyl (C=O) groups is 2. The van der Waals surface area contributed by atoms with E-state index >= 15 is 0 Å². The minimum Gasteiger partial charge on any atom is -0.339 e. The third kappa shape index (κ3) is 3.24. The second-order valence-electron chi connectivity index (χ2n) is 6.52. The second-order valence-corrected chi connectivity index (χ2v) is 8.39. The summed E-state index contributed by atoms with van der Waals surface area (Å²) in [6.07, 6.45) is 1.33. The Bertz CT molecular complexity index is 834. The molecule has 2 aliphatic heterocycles. The highest BCUT2D eigenvalue weighted by Crippen LogP contribution is 2.28. The van der Waals surface area contributed by atoms with Crippen LogP contribution in [0.25, 0.3) is 0 Å². The van der Waals surface area contributed by atoms with E-state index in [1.807, 2.05) is 0 Å². The van der Waals surface area contributed by atoms with Crippen molar-refractivity contribution in [3.05, 3.63) is 29.8 Å². The SMILES string of the molecule is CC1CS(=O)(=O)N(c2ccc(C(=O)N3CCC(C#N)CC3)cc2)C1=O. The van der Waals surface area contributed by atoms with Gasteiger partial charge >= 0.3 is 0 Å². The monoisotopic (exact) mass is 361 g/mol. The van der Waals surface area contributed by atoms with Gasteiger partial charge in [0.2, 0.25) is 15.9 Å².